The van der Waals surface area contributed by atoms with Gasteiger partial charge in [-0.25, -0.2) is 0 Å². The topological polar surface area (TPSA) is 101 Å². The molecule has 2 bridgehead atoms. The van der Waals surface area contributed by atoms with Crippen molar-refractivity contribution in [2.45, 2.75) is 30.8 Å². The molecule has 1 saturated heterocycles. The Bertz CT molecular complexity index is 1040. The van der Waals surface area contributed by atoms with Crippen molar-refractivity contribution >= 4 is 23.2 Å². The van der Waals surface area contributed by atoms with Crippen molar-refractivity contribution in [2.24, 2.45) is 17.1 Å². The maximum atomic E-state index is 10.1. The van der Waals surface area contributed by atoms with Gasteiger partial charge >= 0.3 is 0 Å². The van der Waals surface area contributed by atoms with Gasteiger partial charge in [0.05, 0.1) is 33.5 Å². The number of nitrogens with zero attached hydrogens (tertiary/aromatic N) is 4. The summed E-state index contributed by atoms with van der Waals surface area (Å²) in [6.07, 6.45) is 3.98. The molecule has 1 aromatic rings. The maximum absolute atomic E-state index is 10.1. The minimum Gasteiger partial charge on any atom is -0.399 e. The smallest absolute Gasteiger partial charge is 0.191 e. The number of halogens is 2. The molecule has 3 aliphatic rings. The van der Waals surface area contributed by atoms with Gasteiger partial charge in [0.15, 0.2) is 5.41 Å². The van der Waals surface area contributed by atoms with E-state index in [2.05, 4.69) is 36.2 Å². The third-order valence-corrected chi connectivity index (χ3v) is 7.26. The van der Waals surface area contributed by atoms with Crippen LogP contribution < -0.4 is 5.73 Å². The molecule has 0 radical (unpaired) electrons. The predicted molar refractivity (Wildman–Crippen MR) is 106 cm³/mol. The van der Waals surface area contributed by atoms with Crippen LogP contribution in [0.3, 0.4) is 0 Å². The first-order chi connectivity index (χ1) is 13.4. The third kappa shape index (κ3) is 2.33. The summed E-state index contributed by atoms with van der Waals surface area (Å²) in [5, 5.41) is 30.8. The average molecular weight is 410 g/mol. The lowest BCUT2D eigenvalue weighted by molar-refractivity contribution is 0.160. The Labute approximate surface area is 173 Å². The number of allylic oxidation sites excluding steroid dienone is 2. The number of fused-ring (bicyclic) bond motifs is 4. The zero-order chi connectivity index (χ0) is 20.2. The van der Waals surface area contributed by atoms with Crippen LogP contribution in [0.15, 0.2) is 41.1 Å². The lowest BCUT2D eigenvalue weighted by Gasteiger charge is -2.48. The Morgan fingerprint density at radius 1 is 1.14 bits per heavy atom. The highest BCUT2D eigenvalue weighted by Crippen LogP contribution is 2.58. The summed E-state index contributed by atoms with van der Waals surface area (Å²) in [4.78, 5) is 2.27. The number of rotatable bonds is 1. The van der Waals surface area contributed by atoms with Crippen molar-refractivity contribution < 1.29 is 0 Å². The van der Waals surface area contributed by atoms with Gasteiger partial charge in [0.1, 0.15) is 6.07 Å². The fourth-order valence-electron chi connectivity index (χ4n) is 5.17. The molecule has 0 aromatic heterocycles. The van der Waals surface area contributed by atoms with Gasteiger partial charge in [-0.2, -0.15) is 15.8 Å². The molecule has 0 saturated carbocycles. The van der Waals surface area contributed by atoms with Gasteiger partial charge < -0.3 is 5.73 Å². The average Bonchev–Trinajstić information content (AvgIpc) is 2.93. The van der Waals surface area contributed by atoms with Gasteiger partial charge in [0.25, 0.3) is 0 Å². The molecule has 4 unspecified atom stereocenters. The molecule has 4 rings (SSSR count). The van der Waals surface area contributed by atoms with Crippen LogP contribution in [0.1, 0.15) is 24.3 Å². The number of hydrogen-bond donors (Lipinski definition) is 1. The number of nitriles is 3. The van der Waals surface area contributed by atoms with E-state index in [1.54, 1.807) is 18.2 Å². The lowest BCUT2D eigenvalue weighted by Crippen LogP contribution is -2.51. The van der Waals surface area contributed by atoms with Crippen LogP contribution in [0, 0.1) is 45.3 Å². The molecule has 1 aromatic carbocycles. The number of hydrogen-bond acceptors (Lipinski definition) is 5. The highest BCUT2D eigenvalue weighted by molar-refractivity contribution is 6.42. The van der Waals surface area contributed by atoms with Crippen molar-refractivity contribution in [2.75, 3.05) is 7.05 Å². The monoisotopic (exact) mass is 409 g/mol. The van der Waals surface area contributed by atoms with Gasteiger partial charge in [-0.05, 0) is 43.2 Å². The molecule has 0 spiro atoms. The summed E-state index contributed by atoms with van der Waals surface area (Å²) < 4.78 is 0. The van der Waals surface area contributed by atoms with Crippen molar-refractivity contribution in [3.63, 3.8) is 0 Å². The summed E-state index contributed by atoms with van der Waals surface area (Å²) in [5.74, 6) is -0.755. The Kier molecular flexibility index (Phi) is 4.40. The largest absolute Gasteiger partial charge is 0.399 e. The van der Waals surface area contributed by atoms with Gasteiger partial charge in [-0.3, -0.25) is 4.90 Å². The van der Waals surface area contributed by atoms with E-state index in [1.807, 2.05) is 0 Å². The van der Waals surface area contributed by atoms with Crippen LogP contribution in [0.4, 0.5) is 0 Å². The Morgan fingerprint density at radius 2 is 1.86 bits per heavy atom. The molecule has 2 aliphatic heterocycles. The summed E-state index contributed by atoms with van der Waals surface area (Å²) in [6, 6.07) is 12.0. The van der Waals surface area contributed by atoms with Crippen molar-refractivity contribution in [3.05, 3.63) is 56.7 Å². The Balaban J connectivity index is 2.05. The molecular formula is C21H17Cl2N5. The molecule has 140 valence electrons. The van der Waals surface area contributed by atoms with E-state index in [0.717, 1.165) is 24.0 Å². The van der Waals surface area contributed by atoms with Crippen LogP contribution in [-0.2, 0) is 0 Å². The fourth-order valence-corrected chi connectivity index (χ4v) is 5.47. The van der Waals surface area contributed by atoms with Crippen molar-refractivity contribution in [3.8, 4) is 18.2 Å². The van der Waals surface area contributed by atoms with Gasteiger partial charge in [-0.1, -0.05) is 35.3 Å². The highest BCUT2D eigenvalue weighted by Gasteiger charge is 2.58. The molecule has 1 aliphatic carbocycles. The van der Waals surface area contributed by atoms with Crippen LogP contribution in [0.25, 0.3) is 0 Å². The van der Waals surface area contributed by atoms with E-state index < -0.39 is 11.3 Å². The first-order valence-electron chi connectivity index (χ1n) is 9.01. The molecule has 2 N–H and O–H groups in total. The zero-order valence-corrected chi connectivity index (χ0v) is 16.7. The molecule has 0 amide bonds. The second-order valence-corrected chi connectivity index (χ2v) is 8.42. The van der Waals surface area contributed by atoms with Crippen LogP contribution in [0.5, 0.6) is 0 Å². The molecule has 5 nitrogen and oxygen atoms in total. The normalized spacial score (nSPS) is 30.6. The SMILES string of the molecule is CN1C2C=C3C(C#N)=C(N)C(C#N)(C#N)C(c4ccc(Cl)c(Cl)c4)C3C1CC2. The molecular weight excluding hydrogens is 393 g/mol. The van der Waals surface area contributed by atoms with Gasteiger partial charge in [0, 0.05) is 23.9 Å². The number of likely N-dealkylation sites (N-methyl/N-ethyl adjacent to an activating group) is 1. The fraction of sp³-hybridized carbons (Fsp3) is 0.381. The van der Waals surface area contributed by atoms with Crippen LogP contribution in [-0.4, -0.2) is 24.0 Å². The van der Waals surface area contributed by atoms with Crippen molar-refractivity contribution in [1.82, 2.24) is 4.90 Å². The first-order valence-corrected chi connectivity index (χ1v) is 9.77. The summed E-state index contributed by atoms with van der Waals surface area (Å²) >= 11 is 12.4. The number of benzene rings is 1. The third-order valence-electron chi connectivity index (χ3n) is 6.53. The molecule has 4 atom stereocenters. The summed E-state index contributed by atoms with van der Waals surface area (Å²) in [6.45, 7) is 0. The molecule has 7 heteroatoms. The van der Waals surface area contributed by atoms with Crippen LogP contribution >= 0.6 is 23.2 Å². The summed E-state index contributed by atoms with van der Waals surface area (Å²) in [7, 11) is 2.05. The lowest BCUT2D eigenvalue weighted by atomic mass is 9.56. The predicted octanol–water partition coefficient (Wildman–Crippen LogP) is 3.88. The quantitative estimate of drug-likeness (QED) is 0.757. The second kappa shape index (κ2) is 6.54. The molecule has 1 fully saturated rings. The highest BCUT2D eigenvalue weighted by atomic mass is 35.5. The van der Waals surface area contributed by atoms with E-state index in [-0.39, 0.29) is 29.3 Å². The van der Waals surface area contributed by atoms with Crippen molar-refractivity contribution in [1.29, 1.82) is 15.8 Å². The van der Waals surface area contributed by atoms with E-state index in [4.69, 9.17) is 28.9 Å². The molecule has 28 heavy (non-hydrogen) atoms. The Morgan fingerprint density at radius 3 is 2.46 bits per heavy atom. The summed E-state index contributed by atoms with van der Waals surface area (Å²) in [5.41, 5.74) is 6.57. The molecule has 2 heterocycles. The second-order valence-electron chi connectivity index (χ2n) is 7.61. The van der Waals surface area contributed by atoms with Crippen LogP contribution in [0.2, 0.25) is 10.0 Å². The number of nitrogens with two attached hydrogens (primary N) is 1. The van der Waals surface area contributed by atoms with E-state index in [1.165, 1.54) is 0 Å². The van der Waals surface area contributed by atoms with E-state index >= 15 is 0 Å². The van der Waals surface area contributed by atoms with E-state index in [0.29, 0.717) is 10.0 Å². The maximum Gasteiger partial charge on any atom is 0.191 e. The Hall–Kier alpha value is -2.49. The minimum atomic E-state index is -1.65. The van der Waals surface area contributed by atoms with E-state index in [9.17, 15) is 15.8 Å². The zero-order valence-electron chi connectivity index (χ0n) is 15.2. The standard InChI is InChI=1S/C21H17Cl2N5/c1-28-12-3-5-17(28)18-13(7-12)14(8-24)20(27)21(9-25,10-26)19(18)11-2-4-15(22)16(23)6-11/h2,4,6-7,12,17-19H,3,5,27H2,1H3. The first kappa shape index (κ1) is 18.9. The van der Waals surface area contributed by atoms with Gasteiger partial charge in [0.2, 0.25) is 0 Å². The minimum absolute atomic E-state index is 0.0301. The van der Waals surface area contributed by atoms with Gasteiger partial charge in [-0.15, -0.1) is 0 Å².